The Kier molecular flexibility index (Phi) is 8.35. The number of methoxy groups -OCH3 is 1. The van der Waals surface area contributed by atoms with E-state index in [9.17, 15) is 9.59 Å². The Hall–Kier alpha value is -3.04. The van der Waals surface area contributed by atoms with E-state index in [4.69, 9.17) is 16.3 Å². The average molecular weight is 488 g/mol. The number of anilines is 1. The lowest BCUT2D eigenvalue weighted by atomic mass is 10.1. The van der Waals surface area contributed by atoms with Gasteiger partial charge in [-0.05, 0) is 50.6 Å². The standard InChI is InChI=1S/C23H26ClN5O3S/c1-5-29-21(15(3)25-22(31)17-9-7-6-8-14(17)2)27-28-23(29)33-13-20(30)26-18-12-16(24)10-11-19(18)32-4/h6-12,15H,5,13H2,1-4H3,(H,25,31)(H,26,30)/t15-/m0/s1. The molecule has 10 heteroatoms. The van der Waals surface area contributed by atoms with Crippen LogP contribution in [0.4, 0.5) is 5.69 Å². The number of ether oxygens (including phenoxy) is 1. The molecule has 0 aliphatic carbocycles. The van der Waals surface area contributed by atoms with Crippen molar-refractivity contribution in [3.05, 3.63) is 64.4 Å². The van der Waals surface area contributed by atoms with E-state index in [0.717, 1.165) is 5.56 Å². The van der Waals surface area contributed by atoms with E-state index in [1.54, 1.807) is 24.3 Å². The van der Waals surface area contributed by atoms with E-state index in [0.29, 0.717) is 39.5 Å². The van der Waals surface area contributed by atoms with Crippen molar-refractivity contribution in [3.8, 4) is 5.75 Å². The Balaban J connectivity index is 1.65. The first kappa shape index (κ1) is 24.6. The predicted octanol–water partition coefficient (Wildman–Crippen LogP) is 4.49. The Morgan fingerprint density at radius 3 is 2.67 bits per heavy atom. The number of hydrogen-bond donors (Lipinski definition) is 2. The molecule has 2 N–H and O–H groups in total. The second-order valence-corrected chi connectivity index (χ2v) is 8.66. The molecule has 2 aromatic carbocycles. The molecule has 2 amide bonds. The van der Waals surface area contributed by atoms with Gasteiger partial charge in [-0.1, -0.05) is 41.6 Å². The van der Waals surface area contributed by atoms with E-state index < -0.39 is 0 Å². The van der Waals surface area contributed by atoms with Crippen molar-refractivity contribution in [2.24, 2.45) is 0 Å². The van der Waals surface area contributed by atoms with Crippen LogP contribution in [0.1, 0.15) is 41.6 Å². The normalized spacial score (nSPS) is 11.7. The molecule has 0 bridgehead atoms. The van der Waals surface area contributed by atoms with Gasteiger partial charge in [-0.2, -0.15) is 0 Å². The fraction of sp³-hybridized carbons (Fsp3) is 0.304. The Labute approximate surface area is 202 Å². The van der Waals surface area contributed by atoms with Gasteiger partial charge in [0.05, 0.1) is 24.6 Å². The minimum absolute atomic E-state index is 0.123. The lowest BCUT2D eigenvalue weighted by Gasteiger charge is -2.16. The molecule has 0 radical (unpaired) electrons. The summed E-state index contributed by atoms with van der Waals surface area (Å²) < 4.78 is 7.15. The summed E-state index contributed by atoms with van der Waals surface area (Å²) in [5.41, 5.74) is 2.02. The number of aryl methyl sites for hydroxylation is 1. The summed E-state index contributed by atoms with van der Waals surface area (Å²) >= 11 is 7.29. The first-order chi connectivity index (χ1) is 15.8. The molecule has 0 spiro atoms. The van der Waals surface area contributed by atoms with Crippen molar-refractivity contribution < 1.29 is 14.3 Å². The van der Waals surface area contributed by atoms with Crippen LogP contribution in [-0.4, -0.2) is 39.4 Å². The summed E-state index contributed by atoms with van der Waals surface area (Å²) in [6, 6.07) is 12.1. The van der Waals surface area contributed by atoms with E-state index in [2.05, 4.69) is 20.8 Å². The monoisotopic (exact) mass is 487 g/mol. The van der Waals surface area contributed by atoms with Gasteiger partial charge in [-0.3, -0.25) is 9.59 Å². The summed E-state index contributed by atoms with van der Waals surface area (Å²) in [5.74, 6) is 0.871. The van der Waals surface area contributed by atoms with Gasteiger partial charge < -0.3 is 19.9 Å². The zero-order valence-corrected chi connectivity index (χ0v) is 20.5. The number of nitrogens with one attached hydrogen (secondary N) is 2. The van der Waals surface area contributed by atoms with Gasteiger partial charge in [0.15, 0.2) is 11.0 Å². The first-order valence-electron chi connectivity index (χ1n) is 10.4. The zero-order chi connectivity index (χ0) is 24.0. The van der Waals surface area contributed by atoms with Crippen LogP contribution in [0.15, 0.2) is 47.6 Å². The number of halogens is 1. The van der Waals surface area contributed by atoms with E-state index in [1.165, 1.54) is 18.9 Å². The summed E-state index contributed by atoms with van der Waals surface area (Å²) in [7, 11) is 1.53. The third-order valence-electron chi connectivity index (χ3n) is 4.95. The largest absolute Gasteiger partial charge is 0.495 e. The van der Waals surface area contributed by atoms with Gasteiger partial charge in [0.25, 0.3) is 5.91 Å². The second kappa shape index (κ2) is 11.2. The van der Waals surface area contributed by atoms with Crippen LogP contribution in [0, 0.1) is 6.92 Å². The Bertz CT molecular complexity index is 1150. The lowest BCUT2D eigenvalue weighted by molar-refractivity contribution is -0.113. The Morgan fingerprint density at radius 1 is 1.21 bits per heavy atom. The highest BCUT2D eigenvalue weighted by molar-refractivity contribution is 7.99. The van der Waals surface area contributed by atoms with Gasteiger partial charge in [-0.25, -0.2) is 0 Å². The Morgan fingerprint density at radius 2 is 1.97 bits per heavy atom. The summed E-state index contributed by atoms with van der Waals surface area (Å²) in [4.78, 5) is 25.2. The summed E-state index contributed by atoms with van der Waals surface area (Å²) in [5, 5.41) is 15.4. The number of rotatable bonds is 9. The molecule has 0 saturated carbocycles. The highest BCUT2D eigenvalue weighted by Gasteiger charge is 2.21. The van der Waals surface area contributed by atoms with E-state index >= 15 is 0 Å². The predicted molar refractivity (Wildman–Crippen MR) is 130 cm³/mol. The zero-order valence-electron chi connectivity index (χ0n) is 18.9. The maximum absolute atomic E-state index is 12.7. The average Bonchev–Trinajstić information content (AvgIpc) is 3.21. The molecule has 0 unspecified atom stereocenters. The third-order valence-corrected chi connectivity index (χ3v) is 6.16. The van der Waals surface area contributed by atoms with Gasteiger partial charge in [-0.15, -0.1) is 10.2 Å². The molecule has 0 saturated heterocycles. The van der Waals surface area contributed by atoms with Crippen LogP contribution in [0.5, 0.6) is 5.75 Å². The minimum atomic E-state index is -0.358. The van der Waals surface area contributed by atoms with E-state index in [1.807, 2.05) is 43.5 Å². The highest BCUT2D eigenvalue weighted by Crippen LogP contribution is 2.28. The molecule has 1 heterocycles. The molecule has 0 fully saturated rings. The van der Waals surface area contributed by atoms with Crippen LogP contribution < -0.4 is 15.4 Å². The lowest BCUT2D eigenvalue weighted by Crippen LogP contribution is -2.29. The number of thioether (sulfide) groups is 1. The number of carbonyl (C=O) groups excluding carboxylic acids is 2. The number of amides is 2. The van der Waals surface area contributed by atoms with Crippen molar-refractivity contribution in [1.29, 1.82) is 0 Å². The maximum Gasteiger partial charge on any atom is 0.252 e. The molecule has 0 aliphatic rings. The van der Waals surface area contributed by atoms with Crippen molar-refractivity contribution in [2.75, 3.05) is 18.2 Å². The van der Waals surface area contributed by atoms with Crippen LogP contribution >= 0.6 is 23.4 Å². The van der Waals surface area contributed by atoms with Gasteiger partial charge >= 0.3 is 0 Å². The molecule has 3 aromatic rings. The third kappa shape index (κ3) is 6.06. The van der Waals surface area contributed by atoms with Gasteiger partial charge in [0.1, 0.15) is 5.75 Å². The number of aromatic nitrogens is 3. The topological polar surface area (TPSA) is 98.1 Å². The van der Waals surface area contributed by atoms with Crippen LogP contribution in [0.3, 0.4) is 0 Å². The highest BCUT2D eigenvalue weighted by atomic mass is 35.5. The molecule has 1 atom stereocenters. The molecule has 3 rings (SSSR count). The maximum atomic E-state index is 12.7. The molecule has 1 aromatic heterocycles. The molecule has 0 aliphatic heterocycles. The van der Waals surface area contributed by atoms with Gasteiger partial charge in [0, 0.05) is 17.1 Å². The molecule has 174 valence electrons. The van der Waals surface area contributed by atoms with Crippen molar-refractivity contribution in [1.82, 2.24) is 20.1 Å². The smallest absolute Gasteiger partial charge is 0.252 e. The van der Waals surface area contributed by atoms with Crippen molar-refractivity contribution in [3.63, 3.8) is 0 Å². The number of carbonyl (C=O) groups is 2. The number of hydrogen-bond acceptors (Lipinski definition) is 6. The number of benzene rings is 2. The fourth-order valence-electron chi connectivity index (χ4n) is 3.29. The molecular weight excluding hydrogens is 462 g/mol. The van der Waals surface area contributed by atoms with Crippen molar-refractivity contribution in [2.45, 2.75) is 38.5 Å². The summed E-state index contributed by atoms with van der Waals surface area (Å²) in [6.07, 6.45) is 0. The van der Waals surface area contributed by atoms with E-state index in [-0.39, 0.29) is 23.6 Å². The fourth-order valence-corrected chi connectivity index (χ4v) is 4.27. The summed E-state index contributed by atoms with van der Waals surface area (Å²) in [6.45, 7) is 6.31. The van der Waals surface area contributed by atoms with Crippen molar-refractivity contribution >= 4 is 40.9 Å². The van der Waals surface area contributed by atoms with Crippen LogP contribution in [-0.2, 0) is 11.3 Å². The molecule has 33 heavy (non-hydrogen) atoms. The van der Waals surface area contributed by atoms with Crippen LogP contribution in [0.2, 0.25) is 5.02 Å². The van der Waals surface area contributed by atoms with Gasteiger partial charge in [0.2, 0.25) is 5.91 Å². The number of nitrogens with zero attached hydrogens (tertiary/aromatic N) is 3. The minimum Gasteiger partial charge on any atom is -0.495 e. The quantitative estimate of drug-likeness (QED) is 0.431. The van der Waals surface area contributed by atoms with Crippen LogP contribution in [0.25, 0.3) is 0 Å². The molecule has 8 nitrogen and oxygen atoms in total. The second-order valence-electron chi connectivity index (χ2n) is 7.28. The first-order valence-corrected chi connectivity index (χ1v) is 11.8. The SMILES string of the molecule is CCn1c(SCC(=O)Nc2cc(Cl)ccc2OC)nnc1[C@H](C)NC(=O)c1ccccc1C. The molecular formula is C23H26ClN5O3S.